The van der Waals surface area contributed by atoms with Crippen molar-refractivity contribution in [2.45, 2.75) is 12.8 Å². The number of ether oxygens (including phenoxy) is 1. The van der Waals surface area contributed by atoms with Gasteiger partial charge in [-0.05, 0) is 30.2 Å². The lowest BCUT2D eigenvalue weighted by atomic mass is 10.1. The van der Waals surface area contributed by atoms with Crippen LogP contribution < -0.4 is 5.32 Å². The molecule has 1 aliphatic heterocycles. The average molecular weight is 286 g/mol. The molecule has 0 radical (unpaired) electrons. The summed E-state index contributed by atoms with van der Waals surface area (Å²) in [6, 6.07) is 9.29. The van der Waals surface area contributed by atoms with Gasteiger partial charge in [0.1, 0.15) is 5.82 Å². The molecule has 0 saturated carbocycles. The molecule has 2 aromatic rings. The summed E-state index contributed by atoms with van der Waals surface area (Å²) in [6.07, 6.45) is 2.11. The molecule has 0 bridgehead atoms. The molecule has 5 heteroatoms. The first-order valence-electron chi connectivity index (χ1n) is 7.19. The Morgan fingerprint density at radius 1 is 1.43 bits per heavy atom. The number of benzene rings is 1. The molecule has 2 N–H and O–H groups in total. The topological polar surface area (TPSA) is 71.5 Å². The number of aromatic carboxylic acids is 1. The molecule has 1 aromatic heterocycles. The smallest absolute Gasteiger partial charge is 0.354 e. The van der Waals surface area contributed by atoms with Crippen LogP contribution in [0.5, 0.6) is 0 Å². The van der Waals surface area contributed by atoms with E-state index in [2.05, 4.69) is 10.3 Å². The quantitative estimate of drug-likeness (QED) is 0.884. The second kappa shape index (κ2) is 6.10. The maximum atomic E-state index is 11.2. The lowest BCUT2D eigenvalue weighted by Gasteiger charge is -2.12. The zero-order valence-electron chi connectivity index (χ0n) is 11.7. The number of hydrogen-bond donors (Lipinski definition) is 2. The lowest BCUT2D eigenvalue weighted by molar-refractivity contribution is 0.0691. The van der Waals surface area contributed by atoms with Crippen molar-refractivity contribution in [2.24, 2.45) is 5.92 Å². The number of pyridine rings is 1. The van der Waals surface area contributed by atoms with Gasteiger partial charge in [0.05, 0.1) is 0 Å². The highest BCUT2D eigenvalue weighted by Gasteiger charge is 2.15. The molecule has 0 spiro atoms. The zero-order valence-corrected chi connectivity index (χ0v) is 11.7. The van der Waals surface area contributed by atoms with E-state index >= 15 is 0 Å². The van der Waals surface area contributed by atoms with Crippen LogP contribution in [0, 0.1) is 5.92 Å². The Kier molecular flexibility index (Phi) is 4.01. The number of anilines is 1. The third-order valence-electron chi connectivity index (χ3n) is 3.83. The van der Waals surface area contributed by atoms with Crippen molar-refractivity contribution in [3.8, 4) is 0 Å². The van der Waals surface area contributed by atoms with Crippen molar-refractivity contribution < 1.29 is 14.6 Å². The first kappa shape index (κ1) is 13.8. The van der Waals surface area contributed by atoms with Crippen molar-refractivity contribution >= 4 is 22.6 Å². The van der Waals surface area contributed by atoms with Gasteiger partial charge in [-0.15, -0.1) is 0 Å². The van der Waals surface area contributed by atoms with Gasteiger partial charge in [0.2, 0.25) is 0 Å². The third-order valence-corrected chi connectivity index (χ3v) is 3.83. The van der Waals surface area contributed by atoms with Gasteiger partial charge < -0.3 is 15.2 Å². The van der Waals surface area contributed by atoms with Crippen LogP contribution in [-0.2, 0) is 4.74 Å². The van der Waals surface area contributed by atoms with Crippen molar-refractivity contribution in [1.29, 1.82) is 0 Å². The van der Waals surface area contributed by atoms with Crippen LogP contribution in [0.15, 0.2) is 30.3 Å². The van der Waals surface area contributed by atoms with Crippen LogP contribution in [0.3, 0.4) is 0 Å². The Labute approximate surface area is 123 Å². The van der Waals surface area contributed by atoms with E-state index in [-0.39, 0.29) is 5.69 Å². The summed E-state index contributed by atoms with van der Waals surface area (Å²) in [5.41, 5.74) is 0.0698. The van der Waals surface area contributed by atoms with Gasteiger partial charge in [-0.1, -0.05) is 24.3 Å². The van der Waals surface area contributed by atoms with E-state index in [1.54, 1.807) is 6.07 Å². The number of fused-ring (bicyclic) bond motifs is 1. The van der Waals surface area contributed by atoms with Gasteiger partial charge in [0.15, 0.2) is 5.69 Å². The van der Waals surface area contributed by atoms with Gasteiger partial charge in [0.25, 0.3) is 0 Å². The van der Waals surface area contributed by atoms with E-state index in [9.17, 15) is 4.79 Å². The Morgan fingerprint density at radius 3 is 3.05 bits per heavy atom. The number of hydrogen-bond acceptors (Lipinski definition) is 4. The Morgan fingerprint density at radius 2 is 2.29 bits per heavy atom. The van der Waals surface area contributed by atoms with Gasteiger partial charge >= 0.3 is 5.97 Å². The third kappa shape index (κ3) is 3.13. The highest BCUT2D eigenvalue weighted by Crippen LogP contribution is 2.23. The van der Waals surface area contributed by atoms with E-state index in [0.717, 1.165) is 43.4 Å². The summed E-state index contributed by atoms with van der Waals surface area (Å²) in [5.74, 6) is 0.226. The molecule has 5 nitrogen and oxygen atoms in total. The van der Waals surface area contributed by atoms with Crippen molar-refractivity contribution in [3.63, 3.8) is 0 Å². The summed E-state index contributed by atoms with van der Waals surface area (Å²) in [4.78, 5) is 15.4. The predicted octanol–water partition coefficient (Wildman–Crippen LogP) is 2.77. The molecule has 3 rings (SSSR count). The van der Waals surface area contributed by atoms with Gasteiger partial charge in [0, 0.05) is 25.1 Å². The van der Waals surface area contributed by atoms with Crippen LogP contribution in [0.2, 0.25) is 0 Å². The average Bonchev–Trinajstić information content (AvgIpc) is 3.00. The molecule has 0 amide bonds. The van der Waals surface area contributed by atoms with E-state index in [4.69, 9.17) is 9.84 Å². The molecule has 0 aliphatic carbocycles. The monoisotopic (exact) mass is 286 g/mol. The molecular formula is C16H18N2O3. The first-order chi connectivity index (χ1) is 10.2. The minimum atomic E-state index is -1.01. The van der Waals surface area contributed by atoms with Gasteiger partial charge in [-0.2, -0.15) is 0 Å². The lowest BCUT2D eigenvalue weighted by Crippen LogP contribution is -2.11. The largest absolute Gasteiger partial charge is 0.477 e. The molecular weight excluding hydrogens is 268 g/mol. The SMILES string of the molecule is O=C(O)c1cc2ccccc2c(NCCC2CCOC2)n1. The van der Waals surface area contributed by atoms with E-state index in [1.165, 1.54) is 0 Å². The summed E-state index contributed by atoms with van der Waals surface area (Å²) >= 11 is 0. The fourth-order valence-electron chi connectivity index (χ4n) is 2.65. The first-order valence-corrected chi connectivity index (χ1v) is 7.19. The second-order valence-electron chi connectivity index (χ2n) is 5.33. The molecule has 1 aromatic carbocycles. The Balaban J connectivity index is 1.80. The zero-order chi connectivity index (χ0) is 14.7. The minimum absolute atomic E-state index is 0.0698. The molecule has 21 heavy (non-hydrogen) atoms. The van der Waals surface area contributed by atoms with Crippen molar-refractivity contribution in [3.05, 3.63) is 36.0 Å². The Hall–Kier alpha value is -2.14. The summed E-state index contributed by atoms with van der Waals surface area (Å²) in [6.45, 7) is 2.44. The highest BCUT2D eigenvalue weighted by molar-refractivity contribution is 5.97. The van der Waals surface area contributed by atoms with E-state index in [0.29, 0.717) is 11.7 Å². The molecule has 2 heterocycles. The second-order valence-corrected chi connectivity index (χ2v) is 5.33. The van der Waals surface area contributed by atoms with E-state index in [1.807, 2.05) is 24.3 Å². The maximum absolute atomic E-state index is 11.2. The summed E-state index contributed by atoms with van der Waals surface area (Å²) in [5, 5.41) is 14.3. The number of nitrogens with zero attached hydrogens (tertiary/aromatic N) is 1. The standard InChI is InChI=1S/C16H18N2O3/c19-16(20)14-9-12-3-1-2-4-13(12)15(18-14)17-7-5-11-6-8-21-10-11/h1-4,9,11H,5-8,10H2,(H,17,18)(H,19,20). The maximum Gasteiger partial charge on any atom is 0.354 e. The number of rotatable bonds is 5. The van der Waals surface area contributed by atoms with Crippen LogP contribution in [0.25, 0.3) is 10.8 Å². The van der Waals surface area contributed by atoms with Gasteiger partial charge in [-0.25, -0.2) is 9.78 Å². The minimum Gasteiger partial charge on any atom is -0.477 e. The molecule has 1 fully saturated rings. The predicted molar refractivity (Wildman–Crippen MR) is 80.7 cm³/mol. The van der Waals surface area contributed by atoms with E-state index < -0.39 is 5.97 Å². The molecule has 1 atom stereocenters. The van der Waals surface area contributed by atoms with Crippen LogP contribution in [0.1, 0.15) is 23.3 Å². The fourth-order valence-corrected chi connectivity index (χ4v) is 2.65. The summed E-state index contributed by atoms with van der Waals surface area (Å²) in [7, 11) is 0. The number of nitrogens with one attached hydrogen (secondary N) is 1. The number of carboxylic acids is 1. The molecule has 1 aliphatic rings. The van der Waals surface area contributed by atoms with Crippen LogP contribution in [0.4, 0.5) is 5.82 Å². The molecule has 1 unspecified atom stereocenters. The Bertz CT molecular complexity index is 651. The number of carboxylic acid groups (broad SMARTS) is 1. The summed E-state index contributed by atoms with van der Waals surface area (Å²) < 4.78 is 5.36. The van der Waals surface area contributed by atoms with Crippen LogP contribution in [-0.4, -0.2) is 35.8 Å². The fraction of sp³-hybridized carbons (Fsp3) is 0.375. The van der Waals surface area contributed by atoms with Gasteiger partial charge in [-0.3, -0.25) is 0 Å². The highest BCUT2D eigenvalue weighted by atomic mass is 16.5. The normalized spacial score (nSPS) is 18.0. The number of aromatic nitrogens is 1. The molecule has 110 valence electrons. The van der Waals surface area contributed by atoms with Crippen molar-refractivity contribution in [2.75, 3.05) is 25.1 Å². The number of carbonyl (C=O) groups is 1. The van der Waals surface area contributed by atoms with Crippen LogP contribution >= 0.6 is 0 Å². The van der Waals surface area contributed by atoms with Crippen molar-refractivity contribution in [1.82, 2.24) is 4.98 Å². The molecule has 1 saturated heterocycles.